The van der Waals surface area contributed by atoms with Crippen LogP contribution in [0.5, 0.6) is 0 Å². The van der Waals surface area contributed by atoms with Gasteiger partial charge >= 0.3 is 25.7 Å². The summed E-state index contributed by atoms with van der Waals surface area (Å²) in [6, 6.07) is -1.57. The zero-order chi connectivity index (χ0) is 44.0. The van der Waals surface area contributed by atoms with Crippen molar-refractivity contribution in [2.45, 2.75) is 179 Å². The molecular weight excluding hydrogens is 781 g/mol. The van der Waals surface area contributed by atoms with Crippen molar-refractivity contribution in [2.75, 3.05) is 19.8 Å². The number of phosphoric ester groups is 1. The molecule has 15 heteroatoms. The number of aliphatic hydroxyl groups is 3. The minimum absolute atomic E-state index is 0.0785. The van der Waals surface area contributed by atoms with Gasteiger partial charge in [0.15, 0.2) is 6.10 Å². The molecule has 0 aromatic rings. The lowest BCUT2D eigenvalue weighted by Gasteiger charge is -2.20. The first kappa shape index (κ1) is 56.1. The molecular formula is C44H76NO13P. The number of hydrogen-bond acceptors (Lipinski definition) is 12. The standard InChI is InChI=1S/C44H76NO13P/c1-3-5-7-8-9-10-11-12-13-14-15-16-17-22-26-32-43(50)58-38(35-56-59(53,54)57-36-39(45)44(51)52)34-55-42(49)33-27-31-41(48)40(47)30-25-21-19-18-20-24-29-37(46)28-23-6-4-2/h6,18-21,23-25,29-30,37-41,46-48H,3-5,7-17,22,26-28,31-36,45H2,1-2H3,(H,51,52)(H,53,54)/b20-18+,21-19-,23-6-,29-24+,30-25-/t37-,38-,39+,40+,41+/m1/s1. The number of hydrogen-bond donors (Lipinski definition) is 6. The quantitative estimate of drug-likeness (QED) is 0.0113. The predicted octanol–water partition coefficient (Wildman–Crippen LogP) is 8.08. The Balaban J connectivity index is 4.69. The molecule has 0 aromatic heterocycles. The Morgan fingerprint density at radius 2 is 1.15 bits per heavy atom. The van der Waals surface area contributed by atoms with Gasteiger partial charge in [0.05, 0.1) is 31.5 Å². The van der Waals surface area contributed by atoms with E-state index in [0.717, 1.165) is 32.1 Å². The zero-order valence-electron chi connectivity index (χ0n) is 35.7. The van der Waals surface area contributed by atoms with E-state index < -0.39 is 76.0 Å². The monoisotopic (exact) mass is 858 g/mol. The van der Waals surface area contributed by atoms with Crippen molar-refractivity contribution in [2.24, 2.45) is 5.73 Å². The molecule has 0 fully saturated rings. The summed E-state index contributed by atoms with van der Waals surface area (Å²) in [7, 11) is -4.80. The molecule has 0 saturated carbocycles. The lowest BCUT2D eigenvalue weighted by Crippen LogP contribution is -2.34. The number of rotatable bonds is 39. The second kappa shape index (κ2) is 38.0. The van der Waals surface area contributed by atoms with E-state index in [1.807, 2.05) is 19.1 Å². The highest BCUT2D eigenvalue weighted by molar-refractivity contribution is 7.47. The fourth-order valence-corrected chi connectivity index (χ4v) is 6.36. The van der Waals surface area contributed by atoms with Gasteiger partial charge in [0, 0.05) is 12.8 Å². The smallest absolute Gasteiger partial charge is 0.472 e. The summed E-state index contributed by atoms with van der Waals surface area (Å²) in [5, 5.41) is 39.3. The Kier molecular flexibility index (Phi) is 36.1. The Morgan fingerprint density at radius 1 is 0.644 bits per heavy atom. The van der Waals surface area contributed by atoms with E-state index >= 15 is 0 Å². The molecule has 6 atom stereocenters. The maximum atomic E-state index is 12.6. The first-order valence-corrected chi connectivity index (χ1v) is 23.1. The summed E-state index contributed by atoms with van der Waals surface area (Å²) in [6.07, 6.45) is 32.3. The van der Waals surface area contributed by atoms with Gasteiger partial charge in [-0.05, 0) is 32.1 Å². The van der Waals surface area contributed by atoms with Crippen LogP contribution >= 0.6 is 7.82 Å². The number of ether oxygens (including phenoxy) is 2. The van der Waals surface area contributed by atoms with Gasteiger partial charge < -0.3 is 40.5 Å². The second-order valence-corrected chi connectivity index (χ2v) is 16.1. The maximum Gasteiger partial charge on any atom is 0.472 e. The Hall–Kier alpha value is -2.94. The van der Waals surface area contributed by atoms with Gasteiger partial charge in [-0.15, -0.1) is 0 Å². The molecule has 0 bridgehead atoms. The largest absolute Gasteiger partial charge is 0.480 e. The van der Waals surface area contributed by atoms with Crippen LogP contribution in [0.2, 0.25) is 0 Å². The van der Waals surface area contributed by atoms with Gasteiger partial charge in [0.2, 0.25) is 0 Å². The van der Waals surface area contributed by atoms with Gasteiger partial charge in [-0.25, -0.2) is 4.57 Å². The van der Waals surface area contributed by atoms with Crippen LogP contribution in [0.25, 0.3) is 0 Å². The maximum absolute atomic E-state index is 12.6. The number of carboxylic acid groups (broad SMARTS) is 1. The van der Waals surface area contributed by atoms with E-state index in [1.165, 1.54) is 70.3 Å². The number of aliphatic hydroxyl groups excluding tert-OH is 3. The molecule has 0 aliphatic rings. The van der Waals surface area contributed by atoms with Crippen LogP contribution in [0.1, 0.15) is 149 Å². The summed E-state index contributed by atoms with van der Waals surface area (Å²) in [6.45, 7) is 2.26. The fraction of sp³-hybridized carbons (Fsp3) is 0.705. The van der Waals surface area contributed by atoms with Gasteiger partial charge in [-0.2, -0.15) is 0 Å². The molecule has 59 heavy (non-hydrogen) atoms. The molecule has 340 valence electrons. The van der Waals surface area contributed by atoms with Crippen LogP contribution in [0.15, 0.2) is 60.8 Å². The molecule has 1 unspecified atom stereocenters. The highest BCUT2D eigenvalue weighted by Crippen LogP contribution is 2.43. The molecule has 0 rings (SSSR count). The van der Waals surface area contributed by atoms with Crippen molar-refractivity contribution in [3.63, 3.8) is 0 Å². The third-order valence-electron chi connectivity index (χ3n) is 9.12. The third-order valence-corrected chi connectivity index (χ3v) is 10.1. The SMILES string of the molecule is CC/C=C\C[C@@H](O)/C=C/C=C/C=C\C=C/[C@H](O)[C@@H](O)CCCC(=O)OC[C@H](COP(=O)(O)OC[C@H](N)C(=O)O)OC(=O)CCCCCCCCCCCCCCCCC. The number of esters is 2. The summed E-state index contributed by atoms with van der Waals surface area (Å²) in [5.74, 6) is -2.75. The zero-order valence-corrected chi connectivity index (χ0v) is 36.6. The number of phosphoric acid groups is 1. The molecule has 0 aliphatic carbocycles. The average Bonchev–Trinajstić information content (AvgIpc) is 3.20. The van der Waals surface area contributed by atoms with E-state index in [-0.39, 0.29) is 25.7 Å². The topological polar surface area (TPSA) is 232 Å². The summed E-state index contributed by atoms with van der Waals surface area (Å²) >= 11 is 0. The van der Waals surface area contributed by atoms with Crippen molar-refractivity contribution < 1.29 is 62.8 Å². The highest BCUT2D eigenvalue weighted by Gasteiger charge is 2.28. The second-order valence-electron chi connectivity index (χ2n) is 14.7. The number of allylic oxidation sites excluding steroid dienone is 7. The van der Waals surface area contributed by atoms with Crippen molar-refractivity contribution in [1.29, 1.82) is 0 Å². The van der Waals surface area contributed by atoms with E-state index in [9.17, 15) is 39.2 Å². The molecule has 0 aromatic carbocycles. The predicted molar refractivity (Wildman–Crippen MR) is 230 cm³/mol. The Morgan fingerprint density at radius 3 is 1.71 bits per heavy atom. The van der Waals surface area contributed by atoms with Crippen LogP contribution in [0.3, 0.4) is 0 Å². The number of unbranched alkanes of at least 4 members (excludes halogenated alkanes) is 14. The van der Waals surface area contributed by atoms with E-state index in [2.05, 4.69) is 11.4 Å². The average molecular weight is 858 g/mol. The first-order chi connectivity index (χ1) is 28.3. The normalized spacial score (nSPS) is 15.9. The highest BCUT2D eigenvalue weighted by atomic mass is 31.2. The van der Waals surface area contributed by atoms with Crippen molar-refractivity contribution >= 4 is 25.7 Å². The van der Waals surface area contributed by atoms with E-state index in [4.69, 9.17) is 24.8 Å². The fourth-order valence-electron chi connectivity index (χ4n) is 5.58. The molecule has 0 amide bonds. The van der Waals surface area contributed by atoms with Gasteiger partial charge in [0.1, 0.15) is 12.6 Å². The van der Waals surface area contributed by atoms with Gasteiger partial charge in [0.25, 0.3) is 0 Å². The number of nitrogens with two attached hydrogens (primary N) is 1. The lowest BCUT2D eigenvalue weighted by molar-refractivity contribution is -0.161. The third kappa shape index (κ3) is 36.6. The first-order valence-electron chi connectivity index (χ1n) is 21.6. The molecule has 14 nitrogen and oxygen atoms in total. The lowest BCUT2D eigenvalue weighted by atomic mass is 10.0. The molecule has 0 saturated heterocycles. The number of carbonyl (C=O) groups is 3. The van der Waals surface area contributed by atoms with Crippen LogP contribution in [-0.2, 0) is 37.5 Å². The molecule has 0 radical (unpaired) electrons. The number of aliphatic carboxylic acids is 1. The van der Waals surface area contributed by atoms with E-state index in [1.54, 1.807) is 42.5 Å². The van der Waals surface area contributed by atoms with Crippen LogP contribution in [-0.4, -0.2) is 93.5 Å². The van der Waals surface area contributed by atoms with Crippen molar-refractivity contribution in [1.82, 2.24) is 0 Å². The minimum Gasteiger partial charge on any atom is -0.480 e. The minimum atomic E-state index is -4.80. The number of carboxylic acids is 1. The molecule has 7 N–H and O–H groups in total. The van der Waals surface area contributed by atoms with Crippen molar-refractivity contribution in [3.8, 4) is 0 Å². The molecule has 0 spiro atoms. The van der Waals surface area contributed by atoms with Crippen LogP contribution < -0.4 is 5.73 Å². The summed E-state index contributed by atoms with van der Waals surface area (Å²) in [4.78, 5) is 46.0. The van der Waals surface area contributed by atoms with Crippen LogP contribution in [0.4, 0.5) is 0 Å². The van der Waals surface area contributed by atoms with Gasteiger partial charge in [-0.3, -0.25) is 23.4 Å². The molecule has 0 aliphatic heterocycles. The number of carbonyl (C=O) groups excluding carboxylic acids is 2. The summed E-state index contributed by atoms with van der Waals surface area (Å²) in [5.41, 5.74) is 5.31. The van der Waals surface area contributed by atoms with Crippen LogP contribution in [0, 0.1) is 0 Å². The Bertz CT molecular complexity index is 1290. The van der Waals surface area contributed by atoms with E-state index in [0.29, 0.717) is 12.8 Å². The van der Waals surface area contributed by atoms with Crippen molar-refractivity contribution in [3.05, 3.63) is 60.8 Å². The Labute approximate surface area is 353 Å². The molecule has 0 heterocycles. The van der Waals surface area contributed by atoms with Gasteiger partial charge in [-0.1, -0.05) is 164 Å². The summed E-state index contributed by atoms with van der Waals surface area (Å²) < 4.78 is 32.4.